The summed E-state index contributed by atoms with van der Waals surface area (Å²) >= 11 is 0. The molecule has 2 atom stereocenters. The van der Waals surface area contributed by atoms with Gasteiger partial charge in [-0.3, -0.25) is 4.79 Å². The summed E-state index contributed by atoms with van der Waals surface area (Å²) < 4.78 is 5.35. The molecule has 0 aromatic heterocycles. The van der Waals surface area contributed by atoms with Crippen LogP contribution >= 0.6 is 0 Å². The number of carbonyl (C=O) groups excluding carboxylic acids is 2. The molecule has 4 heteroatoms. The number of ether oxygens (including phenoxy) is 1. The highest BCUT2D eigenvalue weighted by Crippen LogP contribution is 2.27. The molecule has 2 unspecified atom stereocenters. The maximum atomic E-state index is 11.5. The summed E-state index contributed by atoms with van der Waals surface area (Å²) in [6, 6.07) is 0.546. The normalized spacial score (nSPS) is 29.1. The van der Waals surface area contributed by atoms with E-state index in [1.165, 1.54) is 13.3 Å². The van der Waals surface area contributed by atoms with Crippen LogP contribution in [-0.2, 0) is 14.3 Å². The molecule has 0 aliphatic carbocycles. The topological polar surface area (TPSA) is 43.4 Å². The van der Waals surface area contributed by atoms with E-state index in [0.717, 1.165) is 30.3 Å². The molecule has 0 spiro atoms. The Morgan fingerprint density at radius 3 is 2.69 bits per heavy atom. The zero-order valence-electron chi connectivity index (χ0n) is 10.5. The zero-order chi connectivity index (χ0) is 12.2. The number of hydrogen-bond acceptors (Lipinski definition) is 3. The van der Waals surface area contributed by atoms with Gasteiger partial charge < -0.3 is 9.22 Å². The van der Waals surface area contributed by atoms with E-state index < -0.39 is 11.9 Å². The van der Waals surface area contributed by atoms with E-state index in [4.69, 9.17) is 0 Å². The molecule has 1 heterocycles. The lowest BCUT2D eigenvalue weighted by atomic mass is 10.1. The molecule has 1 saturated heterocycles. The molecule has 0 radical (unpaired) electrons. The Morgan fingerprint density at radius 2 is 2.12 bits per heavy atom. The Bertz CT molecular complexity index is 277. The van der Waals surface area contributed by atoms with Crippen LogP contribution in [0.3, 0.4) is 0 Å². The van der Waals surface area contributed by atoms with Crippen molar-refractivity contribution in [3.8, 4) is 0 Å². The van der Waals surface area contributed by atoms with Gasteiger partial charge in [0.25, 0.3) is 0 Å². The van der Waals surface area contributed by atoms with Gasteiger partial charge >= 0.3 is 11.9 Å². The first kappa shape index (κ1) is 13.2. The quantitative estimate of drug-likeness (QED) is 0.416. The minimum Gasteiger partial charge on any atom is -0.389 e. The van der Waals surface area contributed by atoms with Gasteiger partial charge in [0.15, 0.2) is 6.54 Å². The average molecular weight is 228 g/mol. The predicted octanol–water partition coefficient (Wildman–Crippen LogP) is 1.49. The number of rotatable bonds is 4. The first-order valence-corrected chi connectivity index (χ1v) is 6.03. The van der Waals surface area contributed by atoms with Crippen molar-refractivity contribution in [3.63, 3.8) is 0 Å². The van der Waals surface area contributed by atoms with Crippen molar-refractivity contribution in [1.29, 1.82) is 0 Å². The van der Waals surface area contributed by atoms with Crippen molar-refractivity contribution in [2.75, 3.05) is 20.1 Å². The summed E-state index contributed by atoms with van der Waals surface area (Å²) in [5.74, 6) is -0.902. The predicted molar refractivity (Wildman–Crippen MR) is 60.6 cm³/mol. The average Bonchev–Trinajstić information content (AvgIpc) is 2.46. The van der Waals surface area contributed by atoms with Gasteiger partial charge in [-0.2, -0.15) is 0 Å². The second-order valence-corrected chi connectivity index (χ2v) is 4.91. The fraction of sp³-hybridized carbons (Fsp3) is 0.833. The maximum Gasteiger partial charge on any atom is 0.369 e. The van der Waals surface area contributed by atoms with Crippen molar-refractivity contribution < 1.29 is 18.8 Å². The number of hydrogen-bond donors (Lipinski definition) is 0. The third kappa shape index (κ3) is 3.30. The molecule has 0 N–H and O–H groups in total. The number of nitrogens with zero attached hydrogens (tertiary/aromatic N) is 1. The fourth-order valence-electron chi connectivity index (χ4n) is 2.67. The minimum absolute atomic E-state index is 0.324. The highest BCUT2D eigenvalue weighted by Gasteiger charge is 2.39. The molecule has 1 aliphatic rings. The zero-order valence-corrected chi connectivity index (χ0v) is 10.5. The Kier molecular flexibility index (Phi) is 4.47. The molecule has 0 bridgehead atoms. The Hall–Kier alpha value is -0.900. The molecule has 4 nitrogen and oxygen atoms in total. The molecule has 0 aromatic carbocycles. The molecule has 1 fully saturated rings. The van der Waals surface area contributed by atoms with E-state index >= 15 is 0 Å². The van der Waals surface area contributed by atoms with Crippen LogP contribution in [-0.4, -0.2) is 42.6 Å². The van der Waals surface area contributed by atoms with E-state index in [1.54, 1.807) is 0 Å². The molecule has 1 rings (SSSR count). The van der Waals surface area contributed by atoms with Crippen molar-refractivity contribution >= 4 is 11.9 Å². The van der Waals surface area contributed by atoms with Crippen LogP contribution in [0.25, 0.3) is 0 Å². The van der Waals surface area contributed by atoms with Gasteiger partial charge in [0.05, 0.1) is 19.6 Å². The number of quaternary nitrogens is 1. The van der Waals surface area contributed by atoms with Gasteiger partial charge in [-0.25, -0.2) is 4.79 Å². The molecular weight excluding hydrogens is 206 g/mol. The lowest BCUT2D eigenvalue weighted by Gasteiger charge is -2.34. The highest BCUT2D eigenvalue weighted by molar-refractivity contribution is 5.84. The van der Waals surface area contributed by atoms with Gasteiger partial charge in [-0.15, -0.1) is 0 Å². The van der Waals surface area contributed by atoms with Crippen LogP contribution in [0.5, 0.6) is 0 Å². The first-order valence-electron chi connectivity index (χ1n) is 6.03. The van der Waals surface area contributed by atoms with Gasteiger partial charge in [0, 0.05) is 19.8 Å². The smallest absolute Gasteiger partial charge is 0.369 e. The maximum absolute atomic E-state index is 11.5. The van der Waals surface area contributed by atoms with E-state index in [1.807, 2.05) is 0 Å². The van der Waals surface area contributed by atoms with E-state index in [0.29, 0.717) is 12.6 Å². The summed E-state index contributed by atoms with van der Waals surface area (Å²) in [5, 5.41) is 0. The lowest BCUT2D eigenvalue weighted by Crippen LogP contribution is -2.51. The molecule has 0 saturated carbocycles. The molecule has 92 valence electrons. The molecule has 0 aromatic rings. The number of likely N-dealkylation sites (N-methyl/N-ethyl adjacent to an activating group) is 1. The number of esters is 2. The van der Waals surface area contributed by atoms with Crippen molar-refractivity contribution in [2.45, 2.75) is 45.6 Å². The molecular formula is C12H22NO3+. The lowest BCUT2D eigenvalue weighted by molar-refractivity contribution is -0.914. The first-order chi connectivity index (χ1) is 7.48. The van der Waals surface area contributed by atoms with Crippen molar-refractivity contribution in [1.82, 2.24) is 0 Å². The SMILES string of the molecule is CCCC1CCC[N+]1(C)CC(=O)OC(C)=O. The molecule has 0 amide bonds. The Morgan fingerprint density at radius 1 is 1.44 bits per heavy atom. The van der Waals surface area contributed by atoms with Crippen LogP contribution in [0.4, 0.5) is 0 Å². The Balaban J connectivity index is 2.55. The largest absolute Gasteiger partial charge is 0.389 e. The van der Waals surface area contributed by atoms with E-state index in [2.05, 4.69) is 18.7 Å². The van der Waals surface area contributed by atoms with E-state index in [-0.39, 0.29) is 0 Å². The standard InChI is InChI=1S/C12H22NO3/c1-4-6-11-7-5-8-13(11,3)9-12(15)16-10(2)14/h11H,4-9H2,1-3H3/q+1. The van der Waals surface area contributed by atoms with Gasteiger partial charge in [-0.05, 0) is 6.42 Å². The third-order valence-electron chi connectivity index (χ3n) is 3.46. The molecule has 16 heavy (non-hydrogen) atoms. The fourth-order valence-corrected chi connectivity index (χ4v) is 2.67. The van der Waals surface area contributed by atoms with Crippen molar-refractivity contribution in [3.05, 3.63) is 0 Å². The minimum atomic E-state index is -0.511. The molecule has 1 aliphatic heterocycles. The summed E-state index contributed by atoms with van der Waals surface area (Å²) in [7, 11) is 2.09. The van der Waals surface area contributed by atoms with Crippen molar-refractivity contribution in [2.24, 2.45) is 0 Å². The van der Waals surface area contributed by atoms with Crippen LogP contribution in [0.2, 0.25) is 0 Å². The summed E-state index contributed by atoms with van der Waals surface area (Å²) in [6.45, 7) is 4.77. The van der Waals surface area contributed by atoms with Gasteiger partial charge in [0.1, 0.15) is 0 Å². The third-order valence-corrected chi connectivity index (χ3v) is 3.46. The summed E-state index contributed by atoms with van der Waals surface area (Å²) in [4.78, 5) is 22.2. The summed E-state index contributed by atoms with van der Waals surface area (Å²) in [6.07, 6.45) is 4.62. The second-order valence-electron chi connectivity index (χ2n) is 4.91. The van der Waals surface area contributed by atoms with Crippen LogP contribution in [0.15, 0.2) is 0 Å². The number of carbonyl (C=O) groups is 2. The van der Waals surface area contributed by atoms with Crippen LogP contribution in [0, 0.1) is 0 Å². The summed E-state index contributed by atoms with van der Waals surface area (Å²) in [5.41, 5.74) is 0. The van der Waals surface area contributed by atoms with Gasteiger partial charge in [0.2, 0.25) is 0 Å². The number of likely N-dealkylation sites (tertiary alicyclic amines) is 1. The van der Waals surface area contributed by atoms with Gasteiger partial charge in [-0.1, -0.05) is 13.3 Å². The second kappa shape index (κ2) is 5.43. The van der Waals surface area contributed by atoms with Crippen LogP contribution in [0.1, 0.15) is 39.5 Å². The monoisotopic (exact) mass is 228 g/mol. The van der Waals surface area contributed by atoms with Crippen LogP contribution < -0.4 is 0 Å². The van der Waals surface area contributed by atoms with E-state index in [9.17, 15) is 9.59 Å². The highest BCUT2D eigenvalue weighted by atomic mass is 16.6. The Labute approximate surface area is 97.2 Å².